The van der Waals surface area contributed by atoms with Gasteiger partial charge in [-0.15, -0.1) is 0 Å². The third kappa shape index (κ3) is 3.91. The minimum absolute atomic E-state index is 0.399. The third-order valence-electron chi connectivity index (χ3n) is 4.64. The normalized spacial score (nSPS) is 28.6. The van der Waals surface area contributed by atoms with Gasteiger partial charge in [0.05, 0.1) is 5.54 Å². The van der Waals surface area contributed by atoms with E-state index in [1.165, 1.54) is 45.4 Å². The first kappa shape index (κ1) is 14.8. The number of hydrogen-bond acceptors (Lipinski definition) is 4. The Morgan fingerprint density at radius 3 is 2.63 bits per heavy atom. The maximum Gasteiger partial charge on any atom is 0.237 e. The number of carbonyl (C=O) groups is 1. The average Bonchev–Trinajstić information content (AvgIpc) is 2.98. The van der Waals surface area contributed by atoms with Crippen LogP contribution in [0.15, 0.2) is 0 Å². The van der Waals surface area contributed by atoms with Crippen LogP contribution in [-0.4, -0.2) is 60.0 Å². The summed E-state index contributed by atoms with van der Waals surface area (Å²) in [5.41, 5.74) is 10.3. The van der Waals surface area contributed by atoms with Crippen molar-refractivity contribution in [1.82, 2.24) is 9.80 Å². The van der Waals surface area contributed by atoms with Crippen molar-refractivity contribution in [2.45, 2.75) is 50.6 Å². The minimum Gasteiger partial charge on any atom is -0.368 e. The molecule has 2 saturated heterocycles. The summed E-state index contributed by atoms with van der Waals surface area (Å²) in [7, 11) is 0. The molecule has 2 aliphatic rings. The second kappa shape index (κ2) is 6.20. The molecule has 2 aliphatic heterocycles. The predicted octanol–water partition coefficient (Wildman–Crippen LogP) is 0.139. The first-order valence-corrected chi connectivity index (χ1v) is 7.54. The first-order chi connectivity index (χ1) is 8.99. The molecule has 5 heteroatoms. The largest absolute Gasteiger partial charge is 0.368 e. The Morgan fingerprint density at radius 2 is 2.00 bits per heavy atom. The van der Waals surface area contributed by atoms with Crippen LogP contribution < -0.4 is 11.5 Å². The van der Waals surface area contributed by atoms with Crippen molar-refractivity contribution in [2.75, 3.05) is 32.7 Å². The van der Waals surface area contributed by atoms with Crippen molar-refractivity contribution in [2.24, 2.45) is 11.5 Å². The third-order valence-corrected chi connectivity index (χ3v) is 4.64. The van der Waals surface area contributed by atoms with Gasteiger partial charge in [0.2, 0.25) is 5.91 Å². The fraction of sp³-hybridized carbons (Fsp3) is 0.929. The molecule has 0 spiro atoms. The topological polar surface area (TPSA) is 75.6 Å². The zero-order chi connectivity index (χ0) is 13.9. The van der Waals surface area contributed by atoms with Gasteiger partial charge in [0.15, 0.2) is 0 Å². The van der Waals surface area contributed by atoms with Crippen LogP contribution in [0.1, 0.15) is 39.0 Å². The van der Waals surface area contributed by atoms with Gasteiger partial charge >= 0.3 is 0 Å². The highest BCUT2D eigenvalue weighted by Crippen LogP contribution is 2.21. The lowest BCUT2D eigenvalue weighted by molar-refractivity contribution is -0.122. The maximum atomic E-state index is 11.2. The van der Waals surface area contributed by atoms with Gasteiger partial charge < -0.3 is 16.4 Å². The fourth-order valence-electron chi connectivity index (χ4n) is 3.21. The van der Waals surface area contributed by atoms with Gasteiger partial charge in [-0.25, -0.2) is 0 Å². The Hall–Kier alpha value is -0.650. The van der Waals surface area contributed by atoms with Gasteiger partial charge in [-0.2, -0.15) is 0 Å². The number of nitrogens with zero attached hydrogens (tertiary/aromatic N) is 2. The van der Waals surface area contributed by atoms with E-state index >= 15 is 0 Å². The second-order valence-electron chi connectivity index (χ2n) is 6.37. The van der Waals surface area contributed by atoms with Gasteiger partial charge in [0.25, 0.3) is 0 Å². The smallest absolute Gasteiger partial charge is 0.237 e. The minimum atomic E-state index is -0.853. The first-order valence-electron chi connectivity index (χ1n) is 7.54. The Bertz CT molecular complexity index is 313. The van der Waals surface area contributed by atoms with Crippen LogP contribution in [0.2, 0.25) is 0 Å². The van der Waals surface area contributed by atoms with Crippen LogP contribution in [0, 0.1) is 0 Å². The van der Waals surface area contributed by atoms with Crippen LogP contribution in [0.25, 0.3) is 0 Å². The summed E-state index contributed by atoms with van der Waals surface area (Å²) in [5, 5.41) is 0. The molecule has 19 heavy (non-hydrogen) atoms. The van der Waals surface area contributed by atoms with Gasteiger partial charge in [-0.1, -0.05) is 0 Å². The molecule has 4 N–H and O–H groups in total. The molecular weight excluding hydrogens is 240 g/mol. The van der Waals surface area contributed by atoms with Crippen molar-refractivity contribution in [1.29, 1.82) is 0 Å². The van der Waals surface area contributed by atoms with E-state index in [2.05, 4.69) is 9.80 Å². The molecule has 1 amide bonds. The molecule has 110 valence electrons. The summed E-state index contributed by atoms with van der Waals surface area (Å²) in [6.45, 7) is 7.68. The van der Waals surface area contributed by atoms with Crippen LogP contribution in [0.5, 0.6) is 0 Å². The van der Waals surface area contributed by atoms with Gasteiger partial charge in [-0.05, 0) is 65.2 Å². The summed E-state index contributed by atoms with van der Waals surface area (Å²) in [5.74, 6) is -0.399. The molecule has 2 heterocycles. The molecule has 2 rings (SSSR count). The average molecular weight is 268 g/mol. The number of hydrogen-bond donors (Lipinski definition) is 2. The summed E-state index contributed by atoms with van der Waals surface area (Å²) < 4.78 is 0. The highest BCUT2D eigenvalue weighted by Gasteiger charge is 2.30. The number of nitrogens with two attached hydrogens (primary N) is 2. The molecule has 0 aromatic heterocycles. The Labute approximate surface area is 116 Å². The second-order valence-corrected chi connectivity index (χ2v) is 6.37. The molecule has 0 aliphatic carbocycles. The molecule has 2 atom stereocenters. The lowest BCUT2D eigenvalue weighted by Gasteiger charge is -2.25. The maximum absolute atomic E-state index is 11.2. The molecule has 0 saturated carbocycles. The number of rotatable bonds is 6. The van der Waals surface area contributed by atoms with E-state index < -0.39 is 11.4 Å². The Morgan fingerprint density at radius 1 is 1.32 bits per heavy atom. The molecule has 0 aromatic rings. The molecule has 2 unspecified atom stereocenters. The standard InChI is InChI=1S/C14H28N4O/c1-14(16,13(15)19)6-4-7-17-10-5-12(11-17)18-8-2-3-9-18/h12H,2-11,16H2,1H3,(H2,15,19). The lowest BCUT2D eigenvalue weighted by Crippen LogP contribution is -2.49. The van der Waals surface area contributed by atoms with Crippen molar-refractivity contribution in [3.63, 3.8) is 0 Å². The van der Waals surface area contributed by atoms with Crippen LogP contribution in [-0.2, 0) is 4.79 Å². The van der Waals surface area contributed by atoms with Crippen molar-refractivity contribution in [3.05, 3.63) is 0 Å². The van der Waals surface area contributed by atoms with E-state index in [9.17, 15) is 4.79 Å². The zero-order valence-electron chi connectivity index (χ0n) is 12.1. The van der Waals surface area contributed by atoms with Crippen LogP contribution >= 0.6 is 0 Å². The van der Waals surface area contributed by atoms with E-state index in [1.54, 1.807) is 6.92 Å². The highest BCUT2D eigenvalue weighted by molar-refractivity contribution is 5.83. The van der Waals surface area contributed by atoms with Crippen LogP contribution in [0.4, 0.5) is 0 Å². The van der Waals surface area contributed by atoms with Crippen LogP contribution in [0.3, 0.4) is 0 Å². The Kier molecular flexibility index (Phi) is 4.81. The molecular formula is C14H28N4O. The molecule has 0 radical (unpaired) electrons. The molecule has 0 bridgehead atoms. The summed E-state index contributed by atoms with van der Waals surface area (Å²) >= 11 is 0. The SMILES string of the molecule is CC(N)(CCCN1CCC(N2CCCC2)C1)C(N)=O. The van der Waals surface area contributed by atoms with Gasteiger partial charge in [-0.3, -0.25) is 9.69 Å². The summed E-state index contributed by atoms with van der Waals surface area (Å²) in [6.07, 6.45) is 5.63. The van der Waals surface area contributed by atoms with E-state index in [-0.39, 0.29) is 0 Å². The van der Waals surface area contributed by atoms with E-state index in [1.807, 2.05) is 0 Å². The van der Waals surface area contributed by atoms with E-state index in [0.29, 0.717) is 6.42 Å². The number of carbonyl (C=O) groups excluding carboxylic acids is 1. The van der Waals surface area contributed by atoms with E-state index in [0.717, 1.165) is 19.0 Å². The van der Waals surface area contributed by atoms with E-state index in [4.69, 9.17) is 11.5 Å². The zero-order valence-corrected chi connectivity index (χ0v) is 12.1. The summed E-state index contributed by atoms with van der Waals surface area (Å²) in [6, 6.07) is 0.753. The lowest BCUT2D eigenvalue weighted by atomic mass is 9.96. The van der Waals surface area contributed by atoms with Crippen molar-refractivity contribution >= 4 is 5.91 Å². The number of primary amides is 1. The molecule has 5 nitrogen and oxygen atoms in total. The van der Waals surface area contributed by atoms with Gasteiger partial charge in [0, 0.05) is 12.6 Å². The monoisotopic (exact) mass is 268 g/mol. The molecule has 0 aromatic carbocycles. The van der Waals surface area contributed by atoms with Crippen molar-refractivity contribution in [3.8, 4) is 0 Å². The summed E-state index contributed by atoms with van der Waals surface area (Å²) in [4.78, 5) is 16.3. The highest BCUT2D eigenvalue weighted by atomic mass is 16.1. The quantitative estimate of drug-likeness (QED) is 0.718. The predicted molar refractivity (Wildman–Crippen MR) is 76.7 cm³/mol. The Balaban J connectivity index is 1.66. The number of amides is 1. The van der Waals surface area contributed by atoms with Crippen molar-refractivity contribution < 1.29 is 4.79 Å². The number of likely N-dealkylation sites (tertiary alicyclic amines) is 2. The van der Waals surface area contributed by atoms with Gasteiger partial charge in [0.1, 0.15) is 0 Å². The fourth-order valence-corrected chi connectivity index (χ4v) is 3.21. The molecule has 2 fully saturated rings.